The van der Waals surface area contributed by atoms with Gasteiger partial charge >= 0.3 is 11.8 Å². The van der Waals surface area contributed by atoms with Crippen LogP contribution in [0, 0.1) is 0 Å². The summed E-state index contributed by atoms with van der Waals surface area (Å²) in [6.45, 7) is 5.88. The maximum Gasteiger partial charge on any atom is 0.407 e. The zero-order valence-corrected chi connectivity index (χ0v) is 11.4. The number of carbonyl (C=O) groups is 1. The molecule has 1 rings (SSSR count). The maximum atomic E-state index is 11.4. The van der Waals surface area contributed by atoms with Crippen molar-refractivity contribution in [2.24, 2.45) is 0 Å². The molecule has 1 aromatic heterocycles. The van der Waals surface area contributed by atoms with Crippen molar-refractivity contribution in [3.05, 3.63) is 22.2 Å². The van der Waals surface area contributed by atoms with Crippen molar-refractivity contribution in [1.82, 2.24) is 15.3 Å². The Hall–Kier alpha value is -2.05. The molecule has 7 nitrogen and oxygen atoms in total. The van der Waals surface area contributed by atoms with E-state index in [2.05, 4.69) is 15.3 Å². The molecule has 0 atom stereocenters. The smallest absolute Gasteiger partial charge is 0.407 e. The first-order valence-corrected chi connectivity index (χ1v) is 6.08. The van der Waals surface area contributed by atoms with Gasteiger partial charge in [-0.1, -0.05) is 0 Å². The van der Waals surface area contributed by atoms with E-state index in [0.29, 0.717) is 25.2 Å². The van der Waals surface area contributed by atoms with Crippen LogP contribution in [-0.2, 0) is 11.2 Å². The van der Waals surface area contributed by atoms with E-state index in [4.69, 9.17) is 10.5 Å². The number of aromatic amines is 1. The number of nitrogen functional groups attached to an aromatic ring is 1. The monoisotopic (exact) mass is 268 g/mol. The predicted molar refractivity (Wildman–Crippen MR) is 71.8 cm³/mol. The molecule has 19 heavy (non-hydrogen) atoms. The number of nitrogens with one attached hydrogen (secondary N) is 2. The molecule has 0 unspecified atom stereocenters. The second kappa shape index (κ2) is 6.21. The lowest BCUT2D eigenvalue weighted by molar-refractivity contribution is 0.0527. The van der Waals surface area contributed by atoms with Gasteiger partial charge in [-0.15, -0.1) is 0 Å². The number of nitrogens with two attached hydrogens (primary N) is 1. The molecule has 1 aromatic rings. The lowest BCUT2D eigenvalue weighted by Crippen LogP contribution is -2.33. The molecule has 0 fully saturated rings. The second-order valence-corrected chi connectivity index (χ2v) is 5.16. The lowest BCUT2D eigenvalue weighted by atomic mass is 10.2. The van der Waals surface area contributed by atoms with Crippen molar-refractivity contribution in [2.45, 2.75) is 39.2 Å². The zero-order chi connectivity index (χ0) is 14.5. The van der Waals surface area contributed by atoms with Crippen LogP contribution in [0.4, 0.5) is 10.6 Å². The van der Waals surface area contributed by atoms with Crippen LogP contribution in [0.3, 0.4) is 0 Å². The summed E-state index contributed by atoms with van der Waals surface area (Å²) in [6, 6.07) is 0. The van der Waals surface area contributed by atoms with Crippen molar-refractivity contribution in [3.63, 3.8) is 0 Å². The van der Waals surface area contributed by atoms with Gasteiger partial charge in [0.2, 0.25) is 0 Å². The van der Waals surface area contributed by atoms with Crippen LogP contribution in [0.2, 0.25) is 0 Å². The molecule has 1 amide bonds. The molecule has 0 aliphatic rings. The van der Waals surface area contributed by atoms with Gasteiger partial charge in [-0.3, -0.25) is 4.98 Å². The van der Waals surface area contributed by atoms with Crippen molar-refractivity contribution < 1.29 is 9.53 Å². The second-order valence-electron chi connectivity index (χ2n) is 5.16. The molecule has 106 valence electrons. The van der Waals surface area contributed by atoms with Crippen molar-refractivity contribution in [2.75, 3.05) is 12.3 Å². The number of alkyl carbamates (subject to hydrolysis) is 1. The van der Waals surface area contributed by atoms with Crippen LogP contribution < -0.4 is 16.7 Å². The fraction of sp³-hybridized carbons (Fsp3) is 0.583. The zero-order valence-electron chi connectivity index (χ0n) is 11.4. The van der Waals surface area contributed by atoms with Gasteiger partial charge in [0.05, 0.1) is 0 Å². The molecule has 0 aliphatic carbocycles. The predicted octanol–water partition coefficient (Wildman–Crippen LogP) is 0.809. The van der Waals surface area contributed by atoms with Crippen molar-refractivity contribution in [1.29, 1.82) is 0 Å². The average Bonchev–Trinajstić information content (AvgIpc) is 2.24. The molecule has 0 saturated carbocycles. The number of nitrogens with zero attached hydrogens (tertiary/aromatic N) is 1. The van der Waals surface area contributed by atoms with Gasteiger partial charge in [-0.05, 0) is 33.6 Å². The normalized spacial score (nSPS) is 11.1. The fourth-order valence-electron chi connectivity index (χ4n) is 1.42. The third-order valence-corrected chi connectivity index (χ3v) is 2.22. The lowest BCUT2D eigenvalue weighted by Gasteiger charge is -2.19. The number of hydrogen-bond acceptors (Lipinski definition) is 5. The summed E-state index contributed by atoms with van der Waals surface area (Å²) in [5, 5.41) is 2.65. The number of rotatable bonds is 4. The minimum Gasteiger partial charge on any atom is -0.444 e. The summed E-state index contributed by atoms with van der Waals surface area (Å²) in [5.74, 6) is 0.317. The first-order valence-electron chi connectivity index (χ1n) is 6.08. The molecule has 1 heterocycles. The largest absolute Gasteiger partial charge is 0.444 e. The number of aromatic nitrogens is 2. The highest BCUT2D eigenvalue weighted by Crippen LogP contribution is 2.07. The molecule has 0 radical (unpaired) electrons. The molecule has 0 bridgehead atoms. The van der Waals surface area contributed by atoms with Crippen LogP contribution in [0.25, 0.3) is 0 Å². The minimum atomic E-state index is -0.503. The highest BCUT2D eigenvalue weighted by atomic mass is 16.6. The standard InChI is InChI=1S/C12H20N4O3/c1-12(2,3)19-11(18)14-6-4-5-8-7-15-10(17)16-9(8)13/h7H,4-6H2,1-3H3,(H,14,18)(H3,13,15,16,17). The van der Waals surface area contributed by atoms with Crippen LogP contribution in [0.5, 0.6) is 0 Å². The summed E-state index contributed by atoms with van der Waals surface area (Å²) in [4.78, 5) is 28.3. The molecular weight excluding hydrogens is 248 g/mol. The third kappa shape index (κ3) is 5.89. The van der Waals surface area contributed by atoms with Crippen molar-refractivity contribution >= 4 is 11.9 Å². The van der Waals surface area contributed by atoms with Gasteiger partial charge in [0.1, 0.15) is 11.4 Å². The summed E-state index contributed by atoms with van der Waals surface area (Å²) >= 11 is 0. The number of aryl methyl sites for hydroxylation is 1. The topological polar surface area (TPSA) is 110 Å². The van der Waals surface area contributed by atoms with E-state index in [0.717, 1.165) is 5.56 Å². The number of ether oxygens (including phenoxy) is 1. The number of amides is 1. The van der Waals surface area contributed by atoms with Gasteiger partial charge in [0.15, 0.2) is 0 Å². The van der Waals surface area contributed by atoms with Gasteiger partial charge in [-0.2, -0.15) is 0 Å². The molecule has 0 aliphatic heterocycles. The summed E-state index contributed by atoms with van der Waals surface area (Å²) in [7, 11) is 0. The average molecular weight is 268 g/mol. The summed E-state index contributed by atoms with van der Waals surface area (Å²) in [5.41, 5.74) is 5.43. The van der Waals surface area contributed by atoms with Gasteiger partial charge < -0.3 is 15.8 Å². The minimum absolute atomic E-state index is 0.317. The molecule has 4 N–H and O–H groups in total. The first kappa shape index (κ1) is 15.0. The third-order valence-electron chi connectivity index (χ3n) is 2.22. The fourth-order valence-corrected chi connectivity index (χ4v) is 1.42. The van der Waals surface area contributed by atoms with E-state index in [1.54, 1.807) is 20.8 Å². The number of anilines is 1. The Morgan fingerprint density at radius 1 is 1.53 bits per heavy atom. The highest BCUT2D eigenvalue weighted by Gasteiger charge is 2.15. The van der Waals surface area contributed by atoms with Crippen LogP contribution in [0.15, 0.2) is 11.0 Å². The Balaban J connectivity index is 2.31. The highest BCUT2D eigenvalue weighted by molar-refractivity contribution is 5.67. The SMILES string of the molecule is CC(C)(C)OC(=O)NCCCc1cnc(=O)[nH]c1N. The van der Waals surface area contributed by atoms with E-state index < -0.39 is 17.4 Å². The van der Waals surface area contributed by atoms with Gasteiger partial charge in [-0.25, -0.2) is 14.6 Å². The number of hydrogen-bond donors (Lipinski definition) is 3. The Morgan fingerprint density at radius 2 is 2.21 bits per heavy atom. The molecule has 0 aromatic carbocycles. The molecule has 7 heteroatoms. The Labute approximate surface area is 111 Å². The van der Waals surface area contributed by atoms with Crippen LogP contribution in [0.1, 0.15) is 32.8 Å². The maximum absolute atomic E-state index is 11.4. The van der Waals surface area contributed by atoms with Crippen LogP contribution in [-0.4, -0.2) is 28.2 Å². The van der Waals surface area contributed by atoms with Gasteiger partial charge in [0, 0.05) is 18.3 Å². The number of H-pyrrole nitrogens is 1. The molecule has 0 saturated heterocycles. The van der Waals surface area contributed by atoms with E-state index in [-0.39, 0.29) is 0 Å². The quantitative estimate of drug-likeness (QED) is 0.700. The van der Waals surface area contributed by atoms with E-state index in [1.165, 1.54) is 6.20 Å². The van der Waals surface area contributed by atoms with Crippen molar-refractivity contribution in [3.8, 4) is 0 Å². The Bertz CT molecular complexity index is 490. The van der Waals surface area contributed by atoms with E-state index >= 15 is 0 Å². The van der Waals surface area contributed by atoms with E-state index in [1.807, 2.05) is 0 Å². The van der Waals surface area contributed by atoms with E-state index in [9.17, 15) is 9.59 Å². The van der Waals surface area contributed by atoms with Crippen LogP contribution >= 0.6 is 0 Å². The summed E-state index contributed by atoms with van der Waals surface area (Å²) < 4.78 is 5.09. The summed E-state index contributed by atoms with van der Waals surface area (Å²) in [6.07, 6.45) is 2.30. The number of carbonyl (C=O) groups excluding carboxylic acids is 1. The molecule has 0 spiro atoms. The molecular formula is C12H20N4O3. The Morgan fingerprint density at radius 3 is 2.79 bits per heavy atom. The first-order chi connectivity index (χ1) is 8.78. The van der Waals surface area contributed by atoms with Gasteiger partial charge in [0.25, 0.3) is 0 Å². The Kier molecular flexibility index (Phi) is 4.91.